The van der Waals surface area contributed by atoms with E-state index >= 15 is 0 Å². The molecule has 0 aromatic heterocycles. The molecule has 0 aliphatic heterocycles. The number of nitrogens with one attached hydrogen (secondary N) is 2. The van der Waals surface area contributed by atoms with E-state index in [9.17, 15) is 4.21 Å². The molecular weight excluding hydrogens is 354 g/mol. The van der Waals surface area contributed by atoms with E-state index in [1.165, 1.54) is 16.3 Å². The van der Waals surface area contributed by atoms with Crippen LogP contribution in [0.25, 0.3) is 10.8 Å². The van der Waals surface area contributed by atoms with Gasteiger partial charge in [-0.3, -0.25) is 9.20 Å². The standard InChI is InChI=1S/C22H31N3OS/c1-3-27(26)20-12-7-11-19(16-20)25-22(23-2)24-15-14-18-10-6-9-17-8-4-5-13-21(17)18/h4-6,8-10,13,19-20H,3,7,11-12,14-16H2,1-2H3,(H2,23,24,25). The molecule has 0 bridgehead atoms. The number of rotatable bonds is 6. The van der Waals surface area contributed by atoms with Crippen molar-refractivity contribution in [1.82, 2.24) is 10.6 Å². The van der Waals surface area contributed by atoms with E-state index in [1.54, 1.807) is 0 Å². The smallest absolute Gasteiger partial charge is 0.191 e. The van der Waals surface area contributed by atoms with Gasteiger partial charge in [0.25, 0.3) is 0 Å². The van der Waals surface area contributed by atoms with E-state index in [0.717, 1.165) is 50.4 Å². The highest BCUT2D eigenvalue weighted by Gasteiger charge is 2.25. The molecule has 3 atom stereocenters. The van der Waals surface area contributed by atoms with Crippen LogP contribution in [0.4, 0.5) is 0 Å². The highest BCUT2D eigenvalue weighted by Crippen LogP contribution is 2.23. The summed E-state index contributed by atoms with van der Waals surface area (Å²) in [5.74, 6) is 1.61. The summed E-state index contributed by atoms with van der Waals surface area (Å²) in [4.78, 5) is 4.38. The minimum atomic E-state index is -0.695. The molecule has 0 heterocycles. The van der Waals surface area contributed by atoms with Crippen molar-refractivity contribution >= 4 is 27.5 Å². The van der Waals surface area contributed by atoms with E-state index in [1.807, 2.05) is 14.0 Å². The summed E-state index contributed by atoms with van der Waals surface area (Å²) in [6, 6.07) is 15.4. The van der Waals surface area contributed by atoms with Crippen LogP contribution in [-0.4, -0.2) is 40.8 Å². The average Bonchev–Trinajstić information content (AvgIpc) is 2.72. The Bertz CT molecular complexity index is 800. The maximum Gasteiger partial charge on any atom is 0.191 e. The van der Waals surface area contributed by atoms with Gasteiger partial charge in [-0.1, -0.05) is 55.8 Å². The fraction of sp³-hybridized carbons (Fsp3) is 0.500. The summed E-state index contributed by atoms with van der Waals surface area (Å²) in [6.07, 6.45) is 5.29. The summed E-state index contributed by atoms with van der Waals surface area (Å²) in [5.41, 5.74) is 1.35. The Morgan fingerprint density at radius 3 is 2.81 bits per heavy atom. The number of guanidine groups is 1. The number of hydrogen-bond donors (Lipinski definition) is 2. The van der Waals surface area contributed by atoms with Crippen LogP contribution in [0.1, 0.15) is 38.2 Å². The zero-order valence-electron chi connectivity index (χ0n) is 16.4. The van der Waals surface area contributed by atoms with Gasteiger partial charge in [0, 0.05) is 41.4 Å². The fourth-order valence-electron chi connectivity index (χ4n) is 3.96. The third kappa shape index (κ3) is 5.32. The molecule has 3 unspecified atom stereocenters. The van der Waals surface area contributed by atoms with Gasteiger partial charge in [0.2, 0.25) is 0 Å². The molecule has 0 spiro atoms. The molecule has 1 saturated carbocycles. The monoisotopic (exact) mass is 385 g/mol. The van der Waals surface area contributed by atoms with Crippen LogP contribution in [0.2, 0.25) is 0 Å². The van der Waals surface area contributed by atoms with Crippen molar-refractivity contribution < 1.29 is 4.21 Å². The van der Waals surface area contributed by atoms with Crippen LogP contribution in [0.5, 0.6) is 0 Å². The molecule has 0 amide bonds. The first-order chi connectivity index (χ1) is 13.2. The van der Waals surface area contributed by atoms with Gasteiger partial charge in [-0.2, -0.15) is 0 Å². The van der Waals surface area contributed by atoms with Crippen LogP contribution >= 0.6 is 0 Å². The number of hydrogen-bond acceptors (Lipinski definition) is 2. The van der Waals surface area contributed by atoms with Crippen molar-refractivity contribution in [2.24, 2.45) is 4.99 Å². The van der Waals surface area contributed by atoms with E-state index in [4.69, 9.17) is 0 Å². The summed E-state index contributed by atoms with van der Waals surface area (Å²) >= 11 is 0. The lowest BCUT2D eigenvalue weighted by Crippen LogP contribution is -2.47. The van der Waals surface area contributed by atoms with Crippen LogP contribution in [0, 0.1) is 0 Å². The van der Waals surface area contributed by atoms with Crippen LogP contribution in [-0.2, 0) is 17.2 Å². The predicted octanol–water partition coefficient (Wildman–Crippen LogP) is 3.63. The summed E-state index contributed by atoms with van der Waals surface area (Å²) in [5, 5.41) is 9.93. The lowest BCUT2D eigenvalue weighted by Gasteiger charge is -2.30. The minimum Gasteiger partial charge on any atom is -0.356 e. The molecule has 4 nitrogen and oxygen atoms in total. The minimum absolute atomic E-state index is 0.329. The normalized spacial score (nSPS) is 21.8. The van der Waals surface area contributed by atoms with Gasteiger partial charge in [0.05, 0.1) is 0 Å². The molecule has 2 N–H and O–H groups in total. The van der Waals surface area contributed by atoms with E-state index in [-0.39, 0.29) is 0 Å². The Morgan fingerprint density at radius 1 is 1.19 bits per heavy atom. The second-order valence-electron chi connectivity index (χ2n) is 7.19. The third-order valence-electron chi connectivity index (χ3n) is 5.41. The Labute approximate surface area is 165 Å². The zero-order valence-corrected chi connectivity index (χ0v) is 17.2. The van der Waals surface area contributed by atoms with Crippen molar-refractivity contribution in [3.05, 3.63) is 48.0 Å². The largest absolute Gasteiger partial charge is 0.356 e. The second kappa shape index (κ2) is 9.88. The molecule has 146 valence electrons. The first kappa shape index (κ1) is 19.9. The number of benzene rings is 2. The molecule has 5 heteroatoms. The maximum absolute atomic E-state index is 12.1. The van der Waals surface area contributed by atoms with Crippen LogP contribution < -0.4 is 10.6 Å². The lowest BCUT2D eigenvalue weighted by atomic mass is 9.95. The van der Waals surface area contributed by atoms with E-state index in [2.05, 4.69) is 58.1 Å². The molecule has 0 radical (unpaired) electrons. The molecule has 0 saturated heterocycles. The van der Waals surface area contributed by atoms with Crippen molar-refractivity contribution in [2.75, 3.05) is 19.3 Å². The van der Waals surface area contributed by atoms with Crippen molar-refractivity contribution in [1.29, 1.82) is 0 Å². The molecule has 2 aromatic carbocycles. The number of aliphatic imine (C=N–C) groups is 1. The van der Waals surface area contributed by atoms with Crippen molar-refractivity contribution in [2.45, 2.75) is 50.3 Å². The van der Waals surface area contributed by atoms with Gasteiger partial charge >= 0.3 is 0 Å². The molecule has 1 fully saturated rings. The topological polar surface area (TPSA) is 53.5 Å². The molecule has 27 heavy (non-hydrogen) atoms. The summed E-state index contributed by atoms with van der Waals surface area (Å²) < 4.78 is 12.1. The Balaban J connectivity index is 1.53. The second-order valence-corrected chi connectivity index (χ2v) is 9.19. The zero-order chi connectivity index (χ0) is 19.1. The lowest BCUT2D eigenvalue weighted by molar-refractivity contribution is 0.413. The Morgan fingerprint density at radius 2 is 2.00 bits per heavy atom. The SMILES string of the molecule is CCS(=O)C1CCCC(NC(=NC)NCCc2cccc3ccccc23)C1. The van der Waals surface area contributed by atoms with Crippen LogP contribution in [0.15, 0.2) is 47.5 Å². The molecular formula is C22H31N3OS. The van der Waals surface area contributed by atoms with Crippen molar-refractivity contribution in [3.63, 3.8) is 0 Å². The quantitative estimate of drug-likeness (QED) is 0.590. The number of nitrogens with zero attached hydrogens (tertiary/aromatic N) is 1. The summed E-state index contributed by atoms with van der Waals surface area (Å²) in [6.45, 7) is 2.85. The number of fused-ring (bicyclic) bond motifs is 1. The average molecular weight is 386 g/mol. The Hall–Kier alpha value is -1.88. The molecule has 1 aliphatic carbocycles. The highest BCUT2D eigenvalue weighted by atomic mass is 32.2. The predicted molar refractivity (Wildman–Crippen MR) is 117 cm³/mol. The Kier molecular flexibility index (Phi) is 7.27. The van der Waals surface area contributed by atoms with Gasteiger partial charge in [0.1, 0.15) is 0 Å². The molecule has 1 aliphatic rings. The van der Waals surface area contributed by atoms with Gasteiger partial charge in [-0.05, 0) is 42.0 Å². The van der Waals surface area contributed by atoms with Crippen LogP contribution in [0.3, 0.4) is 0 Å². The van der Waals surface area contributed by atoms with Gasteiger partial charge in [-0.25, -0.2) is 0 Å². The van der Waals surface area contributed by atoms with E-state index < -0.39 is 10.8 Å². The van der Waals surface area contributed by atoms with E-state index in [0.29, 0.717) is 11.3 Å². The molecule has 2 aromatic rings. The summed E-state index contributed by atoms with van der Waals surface area (Å²) in [7, 11) is 1.12. The molecule has 3 rings (SSSR count). The fourth-order valence-corrected chi connectivity index (χ4v) is 5.31. The first-order valence-electron chi connectivity index (χ1n) is 10.0. The van der Waals surface area contributed by atoms with Gasteiger partial charge in [-0.15, -0.1) is 0 Å². The third-order valence-corrected chi connectivity index (χ3v) is 7.15. The highest BCUT2D eigenvalue weighted by molar-refractivity contribution is 7.85. The van der Waals surface area contributed by atoms with Crippen molar-refractivity contribution in [3.8, 4) is 0 Å². The first-order valence-corrected chi connectivity index (χ1v) is 11.4. The van der Waals surface area contributed by atoms with Gasteiger partial charge < -0.3 is 10.6 Å². The maximum atomic E-state index is 12.1. The van der Waals surface area contributed by atoms with Gasteiger partial charge in [0.15, 0.2) is 5.96 Å².